The van der Waals surface area contributed by atoms with Gasteiger partial charge in [0.25, 0.3) is 5.91 Å². The molecule has 0 spiro atoms. The number of halogens is 1. The van der Waals surface area contributed by atoms with Gasteiger partial charge in [-0.15, -0.1) is 0 Å². The van der Waals surface area contributed by atoms with E-state index >= 15 is 0 Å². The average molecular weight is 434 g/mol. The number of amides is 1. The van der Waals surface area contributed by atoms with Crippen molar-refractivity contribution in [3.8, 4) is 11.5 Å². The molecule has 30 heavy (non-hydrogen) atoms. The number of carbonyl (C=O) groups is 3. The molecule has 0 fully saturated rings. The summed E-state index contributed by atoms with van der Waals surface area (Å²) in [6, 6.07) is 7.65. The highest BCUT2D eigenvalue weighted by atomic mass is 35.5. The van der Waals surface area contributed by atoms with E-state index in [1.165, 1.54) is 46.5 Å². The van der Waals surface area contributed by atoms with Gasteiger partial charge in [-0.25, -0.2) is 9.59 Å². The number of benzene rings is 2. The molecule has 2 aromatic carbocycles. The lowest BCUT2D eigenvalue weighted by molar-refractivity contribution is -0.134. The van der Waals surface area contributed by atoms with E-state index in [1.807, 2.05) is 0 Å². The minimum atomic E-state index is -1.50. The maximum Gasteiger partial charge on any atom is 0.340 e. The Morgan fingerprint density at radius 1 is 1.10 bits per heavy atom. The normalized spacial score (nSPS) is 17.4. The smallest absolute Gasteiger partial charge is 0.340 e. The van der Waals surface area contributed by atoms with Gasteiger partial charge in [-0.2, -0.15) is 0 Å². The number of fused-ring (bicyclic) bond motifs is 1. The summed E-state index contributed by atoms with van der Waals surface area (Å²) in [5.41, 5.74) is -0.369. The number of methoxy groups -OCH3 is 3. The van der Waals surface area contributed by atoms with E-state index in [2.05, 4.69) is 5.32 Å². The van der Waals surface area contributed by atoms with E-state index in [-0.39, 0.29) is 23.4 Å². The zero-order chi connectivity index (χ0) is 22.1. The third-order valence-electron chi connectivity index (χ3n) is 4.80. The largest absolute Gasteiger partial charge is 0.493 e. The van der Waals surface area contributed by atoms with E-state index in [4.69, 9.17) is 30.5 Å². The number of ether oxygens (including phenoxy) is 4. The Morgan fingerprint density at radius 2 is 1.77 bits per heavy atom. The fraction of sp³-hybridized carbons (Fsp3) is 0.286. The van der Waals surface area contributed by atoms with Gasteiger partial charge in [0.15, 0.2) is 17.1 Å². The van der Waals surface area contributed by atoms with Crippen LogP contribution in [0.1, 0.15) is 33.2 Å². The minimum absolute atomic E-state index is 0.0569. The molecule has 158 valence electrons. The molecule has 1 atom stereocenters. The Kier molecular flexibility index (Phi) is 5.89. The van der Waals surface area contributed by atoms with Crippen LogP contribution in [0, 0.1) is 0 Å². The molecule has 0 aromatic heterocycles. The van der Waals surface area contributed by atoms with Crippen LogP contribution >= 0.6 is 11.6 Å². The summed E-state index contributed by atoms with van der Waals surface area (Å²) in [6.07, 6.45) is 0.137. The Balaban J connectivity index is 1.96. The zero-order valence-electron chi connectivity index (χ0n) is 16.8. The minimum Gasteiger partial charge on any atom is -0.493 e. The van der Waals surface area contributed by atoms with Crippen LogP contribution in [0.25, 0.3) is 0 Å². The standard InChI is InChI=1S/C21H20ClNO7/c1-21(10-11-5-6-12(22)7-13(11)19(25)30-21)20(26)23-15-9-17(28-3)16(27-2)8-14(15)18(24)29-4/h5-9H,10H2,1-4H3,(H,23,26). The Labute approximate surface area is 178 Å². The van der Waals surface area contributed by atoms with Gasteiger partial charge in [0, 0.05) is 23.6 Å². The molecule has 0 aliphatic carbocycles. The SMILES string of the molecule is COC(=O)c1cc(OC)c(OC)cc1NC(=O)C1(C)Cc2ccc(Cl)cc2C(=O)O1. The van der Waals surface area contributed by atoms with Crippen LogP contribution in [-0.2, 0) is 20.7 Å². The molecule has 2 aromatic rings. The summed E-state index contributed by atoms with van der Waals surface area (Å²) in [4.78, 5) is 37.8. The number of hydrogen-bond donors (Lipinski definition) is 1. The van der Waals surface area contributed by atoms with Crippen molar-refractivity contribution in [1.82, 2.24) is 0 Å². The zero-order valence-corrected chi connectivity index (χ0v) is 17.6. The third-order valence-corrected chi connectivity index (χ3v) is 5.03. The van der Waals surface area contributed by atoms with Gasteiger partial charge in [0.1, 0.15) is 0 Å². The second-order valence-electron chi connectivity index (χ2n) is 6.80. The van der Waals surface area contributed by atoms with E-state index < -0.39 is 23.4 Å². The highest BCUT2D eigenvalue weighted by Gasteiger charge is 2.43. The number of anilines is 1. The van der Waals surface area contributed by atoms with E-state index in [0.29, 0.717) is 21.9 Å². The molecule has 9 heteroatoms. The topological polar surface area (TPSA) is 100 Å². The molecule has 3 rings (SSSR count). The summed E-state index contributed by atoms with van der Waals surface area (Å²) in [6.45, 7) is 1.50. The molecule has 1 unspecified atom stereocenters. The van der Waals surface area contributed by atoms with Gasteiger partial charge < -0.3 is 24.3 Å². The summed E-state index contributed by atoms with van der Waals surface area (Å²) < 4.78 is 20.7. The van der Waals surface area contributed by atoms with Gasteiger partial charge in [-0.3, -0.25) is 4.79 Å². The van der Waals surface area contributed by atoms with Crippen LogP contribution in [-0.4, -0.2) is 44.8 Å². The first-order chi connectivity index (χ1) is 14.2. The molecule has 1 N–H and O–H groups in total. The molecule has 1 aliphatic rings. The van der Waals surface area contributed by atoms with Crippen LogP contribution < -0.4 is 14.8 Å². The van der Waals surface area contributed by atoms with E-state index in [0.717, 1.165) is 0 Å². The number of nitrogens with one attached hydrogen (secondary N) is 1. The Morgan fingerprint density at radius 3 is 2.40 bits per heavy atom. The van der Waals surface area contributed by atoms with Crippen LogP contribution in [0.3, 0.4) is 0 Å². The lowest BCUT2D eigenvalue weighted by Gasteiger charge is -2.33. The number of hydrogen-bond acceptors (Lipinski definition) is 7. The Hall–Kier alpha value is -3.26. The van der Waals surface area contributed by atoms with Crippen molar-refractivity contribution in [3.63, 3.8) is 0 Å². The lowest BCUT2D eigenvalue weighted by Crippen LogP contribution is -2.49. The van der Waals surface area contributed by atoms with Crippen molar-refractivity contribution in [1.29, 1.82) is 0 Å². The van der Waals surface area contributed by atoms with Crippen molar-refractivity contribution < 1.29 is 33.3 Å². The molecular weight excluding hydrogens is 414 g/mol. The summed E-state index contributed by atoms with van der Waals surface area (Å²) in [5.74, 6) is -1.37. The van der Waals surface area contributed by atoms with Gasteiger partial charge in [-0.1, -0.05) is 17.7 Å². The first-order valence-corrected chi connectivity index (χ1v) is 9.27. The quantitative estimate of drug-likeness (QED) is 0.722. The fourth-order valence-electron chi connectivity index (χ4n) is 3.19. The van der Waals surface area contributed by atoms with Gasteiger partial charge >= 0.3 is 11.9 Å². The molecule has 0 bridgehead atoms. The van der Waals surface area contributed by atoms with Crippen LogP contribution in [0.2, 0.25) is 5.02 Å². The molecule has 0 radical (unpaired) electrons. The number of rotatable bonds is 5. The van der Waals surface area contributed by atoms with Gasteiger partial charge in [0.2, 0.25) is 0 Å². The Bertz CT molecular complexity index is 1040. The second-order valence-corrected chi connectivity index (χ2v) is 7.23. The summed E-state index contributed by atoms with van der Waals surface area (Å²) in [7, 11) is 4.06. The maximum atomic E-state index is 13.1. The number of cyclic esters (lactones) is 1. The number of carbonyl (C=O) groups excluding carboxylic acids is 3. The van der Waals surface area contributed by atoms with Crippen LogP contribution in [0.15, 0.2) is 30.3 Å². The lowest BCUT2D eigenvalue weighted by atomic mass is 9.89. The van der Waals surface area contributed by atoms with E-state index in [9.17, 15) is 14.4 Å². The molecule has 8 nitrogen and oxygen atoms in total. The summed E-state index contributed by atoms with van der Waals surface area (Å²) >= 11 is 5.94. The second kappa shape index (κ2) is 8.23. The molecular formula is C21H20ClNO7. The third kappa shape index (κ3) is 3.91. The first kappa shape index (κ1) is 21.4. The summed E-state index contributed by atoms with van der Waals surface area (Å²) in [5, 5.41) is 3.04. The average Bonchev–Trinajstić information content (AvgIpc) is 2.73. The predicted molar refractivity (Wildman–Crippen MR) is 108 cm³/mol. The van der Waals surface area contributed by atoms with Crippen molar-refractivity contribution in [3.05, 3.63) is 52.0 Å². The number of esters is 2. The molecule has 1 aliphatic heterocycles. The highest BCUT2D eigenvalue weighted by Crippen LogP contribution is 2.36. The maximum absolute atomic E-state index is 13.1. The molecule has 0 saturated carbocycles. The van der Waals surface area contributed by atoms with Crippen LogP contribution in [0.5, 0.6) is 11.5 Å². The van der Waals surface area contributed by atoms with Crippen molar-refractivity contribution >= 4 is 35.1 Å². The predicted octanol–water partition coefficient (Wildman–Crippen LogP) is 3.25. The van der Waals surface area contributed by atoms with Crippen molar-refractivity contribution in [2.75, 3.05) is 26.6 Å². The van der Waals surface area contributed by atoms with Crippen LogP contribution in [0.4, 0.5) is 5.69 Å². The molecule has 1 amide bonds. The van der Waals surface area contributed by atoms with Crippen molar-refractivity contribution in [2.24, 2.45) is 0 Å². The monoisotopic (exact) mass is 433 g/mol. The molecule has 1 heterocycles. The van der Waals surface area contributed by atoms with Crippen molar-refractivity contribution in [2.45, 2.75) is 18.9 Å². The van der Waals surface area contributed by atoms with Gasteiger partial charge in [0.05, 0.1) is 38.1 Å². The fourth-order valence-corrected chi connectivity index (χ4v) is 3.37. The van der Waals surface area contributed by atoms with Gasteiger partial charge in [-0.05, 0) is 24.6 Å². The molecule has 0 saturated heterocycles. The van der Waals surface area contributed by atoms with E-state index in [1.54, 1.807) is 12.1 Å². The highest BCUT2D eigenvalue weighted by molar-refractivity contribution is 6.31. The first-order valence-electron chi connectivity index (χ1n) is 8.90.